The Morgan fingerprint density at radius 2 is 1.82 bits per heavy atom. The zero-order chi connectivity index (χ0) is 19.7. The molecule has 1 fully saturated rings. The highest BCUT2D eigenvalue weighted by Gasteiger charge is 2.30. The molecule has 160 valence electrons. The molecule has 0 unspecified atom stereocenters. The Morgan fingerprint density at radius 1 is 1.18 bits per heavy atom. The second-order valence-corrected chi connectivity index (χ2v) is 6.90. The Hall–Kier alpha value is -1.51. The summed E-state index contributed by atoms with van der Waals surface area (Å²) in [5.74, 6) is 0.482. The lowest BCUT2D eigenvalue weighted by Gasteiger charge is -2.31. The van der Waals surface area contributed by atoms with Crippen LogP contribution in [0.2, 0.25) is 0 Å². The molecule has 1 amide bonds. The van der Waals surface area contributed by atoms with Crippen molar-refractivity contribution in [3.8, 4) is 5.75 Å². The van der Waals surface area contributed by atoms with Gasteiger partial charge in [-0.3, -0.25) is 9.69 Å². The number of hydrogen-bond acceptors (Lipinski definition) is 4. The van der Waals surface area contributed by atoms with Crippen molar-refractivity contribution in [3.63, 3.8) is 0 Å². The molecule has 2 rings (SSSR count). The smallest absolute Gasteiger partial charge is 0.406 e. The standard InChI is InChI=1S/C19H28F3N3O2.ClH/c1-23-10-6-16-8-12-25(13-9-16)14-18(26)24-11-7-15-2-4-17(5-3-15)27-19(20,21)22;/h2-5,16,23H,6-14H2,1H3,(H,24,26);1H. The lowest BCUT2D eigenvalue weighted by molar-refractivity contribution is -0.274. The third-order valence-corrected chi connectivity index (χ3v) is 4.77. The van der Waals surface area contributed by atoms with E-state index in [1.807, 2.05) is 7.05 Å². The van der Waals surface area contributed by atoms with Crippen LogP contribution < -0.4 is 15.4 Å². The molecule has 0 aliphatic carbocycles. The number of alkyl halides is 3. The highest BCUT2D eigenvalue weighted by molar-refractivity contribution is 5.85. The number of likely N-dealkylation sites (tertiary alicyclic amines) is 1. The zero-order valence-electron chi connectivity index (χ0n) is 16.1. The molecule has 0 bridgehead atoms. The van der Waals surface area contributed by atoms with Crippen LogP contribution in [0.1, 0.15) is 24.8 Å². The van der Waals surface area contributed by atoms with Crippen molar-refractivity contribution in [3.05, 3.63) is 29.8 Å². The first-order valence-electron chi connectivity index (χ1n) is 9.34. The summed E-state index contributed by atoms with van der Waals surface area (Å²) in [6.07, 6.45) is -0.688. The third kappa shape index (κ3) is 9.61. The van der Waals surface area contributed by atoms with E-state index >= 15 is 0 Å². The maximum atomic E-state index is 12.1. The molecule has 0 aromatic heterocycles. The van der Waals surface area contributed by atoms with Gasteiger partial charge in [-0.2, -0.15) is 0 Å². The molecule has 2 N–H and O–H groups in total. The first kappa shape index (κ1) is 24.5. The first-order chi connectivity index (χ1) is 12.9. The van der Waals surface area contributed by atoms with E-state index in [9.17, 15) is 18.0 Å². The number of nitrogens with zero attached hydrogens (tertiary/aromatic N) is 1. The molecule has 1 aromatic carbocycles. The van der Waals surface area contributed by atoms with Crippen molar-refractivity contribution in [2.75, 3.05) is 39.8 Å². The van der Waals surface area contributed by atoms with E-state index in [1.54, 1.807) is 12.1 Å². The highest BCUT2D eigenvalue weighted by atomic mass is 35.5. The highest BCUT2D eigenvalue weighted by Crippen LogP contribution is 2.23. The van der Waals surface area contributed by atoms with Crippen LogP contribution in [-0.4, -0.2) is 56.9 Å². The average molecular weight is 424 g/mol. The van der Waals surface area contributed by atoms with Crippen LogP contribution in [0.15, 0.2) is 24.3 Å². The summed E-state index contributed by atoms with van der Waals surface area (Å²) in [5, 5.41) is 6.05. The first-order valence-corrected chi connectivity index (χ1v) is 9.34. The summed E-state index contributed by atoms with van der Waals surface area (Å²) in [4.78, 5) is 14.2. The van der Waals surface area contributed by atoms with Gasteiger partial charge in [0, 0.05) is 6.54 Å². The SMILES string of the molecule is CNCCC1CCN(CC(=O)NCCc2ccc(OC(F)(F)F)cc2)CC1.Cl. The second kappa shape index (κ2) is 12.1. The molecule has 0 atom stereocenters. The number of amides is 1. The van der Waals surface area contributed by atoms with Crippen molar-refractivity contribution in [2.24, 2.45) is 5.92 Å². The van der Waals surface area contributed by atoms with Crippen LogP contribution in [0.4, 0.5) is 13.2 Å². The fourth-order valence-electron chi connectivity index (χ4n) is 3.24. The van der Waals surface area contributed by atoms with Crippen LogP contribution in [0.3, 0.4) is 0 Å². The topological polar surface area (TPSA) is 53.6 Å². The number of halogens is 4. The number of carbonyl (C=O) groups is 1. The summed E-state index contributed by atoms with van der Waals surface area (Å²) >= 11 is 0. The number of benzene rings is 1. The molecular weight excluding hydrogens is 395 g/mol. The van der Waals surface area contributed by atoms with Crippen molar-refractivity contribution < 1.29 is 22.7 Å². The Labute approximate surface area is 170 Å². The predicted molar refractivity (Wildman–Crippen MR) is 105 cm³/mol. The molecule has 1 aliphatic heterocycles. The Bertz CT molecular complexity index is 577. The third-order valence-electron chi connectivity index (χ3n) is 4.77. The monoisotopic (exact) mass is 423 g/mol. The lowest BCUT2D eigenvalue weighted by atomic mass is 9.93. The molecule has 0 saturated carbocycles. The maximum absolute atomic E-state index is 12.1. The molecule has 28 heavy (non-hydrogen) atoms. The minimum atomic E-state index is -4.68. The van der Waals surface area contributed by atoms with Crippen LogP contribution in [0.25, 0.3) is 0 Å². The lowest BCUT2D eigenvalue weighted by Crippen LogP contribution is -2.42. The second-order valence-electron chi connectivity index (χ2n) is 6.90. The minimum absolute atomic E-state index is 0. The van der Waals surface area contributed by atoms with E-state index in [0.29, 0.717) is 19.5 Å². The number of hydrogen-bond donors (Lipinski definition) is 2. The largest absolute Gasteiger partial charge is 0.573 e. The van der Waals surface area contributed by atoms with Gasteiger partial charge in [-0.1, -0.05) is 12.1 Å². The fourth-order valence-corrected chi connectivity index (χ4v) is 3.24. The van der Waals surface area contributed by atoms with Crippen LogP contribution in [0, 0.1) is 5.92 Å². The summed E-state index contributed by atoms with van der Waals surface area (Å²) in [6, 6.07) is 5.71. The van der Waals surface area contributed by atoms with Gasteiger partial charge in [0.2, 0.25) is 5.91 Å². The normalized spacial score (nSPS) is 15.7. The number of piperidine rings is 1. The van der Waals surface area contributed by atoms with Crippen molar-refractivity contribution >= 4 is 18.3 Å². The fraction of sp³-hybridized carbons (Fsp3) is 0.632. The van der Waals surface area contributed by atoms with Crippen LogP contribution in [0.5, 0.6) is 5.75 Å². The van der Waals surface area contributed by atoms with Gasteiger partial charge < -0.3 is 15.4 Å². The molecule has 1 saturated heterocycles. The quantitative estimate of drug-likeness (QED) is 0.641. The molecule has 1 heterocycles. The molecular formula is C19H29ClF3N3O2. The van der Waals surface area contributed by atoms with Crippen molar-refractivity contribution in [1.29, 1.82) is 0 Å². The van der Waals surface area contributed by atoms with Gasteiger partial charge in [-0.25, -0.2) is 0 Å². The van der Waals surface area contributed by atoms with E-state index < -0.39 is 6.36 Å². The van der Waals surface area contributed by atoms with Crippen molar-refractivity contribution in [1.82, 2.24) is 15.5 Å². The van der Waals surface area contributed by atoms with E-state index in [-0.39, 0.29) is 24.1 Å². The van der Waals surface area contributed by atoms with Crippen LogP contribution in [-0.2, 0) is 11.2 Å². The average Bonchev–Trinajstić information content (AvgIpc) is 2.61. The number of ether oxygens (including phenoxy) is 1. The van der Waals surface area contributed by atoms with E-state index in [2.05, 4.69) is 20.3 Å². The van der Waals surface area contributed by atoms with Gasteiger partial charge in [-0.15, -0.1) is 25.6 Å². The number of nitrogens with one attached hydrogen (secondary N) is 2. The van der Waals surface area contributed by atoms with Gasteiger partial charge in [-0.05, 0) is 76.0 Å². The summed E-state index contributed by atoms with van der Waals surface area (Å²) in [7, 11) is 1.96. The molecule has 1 aliphatic rings. The van der Waals surface area contributed by atoms with Gasteiger partial charge in [0.15, 0.2) is 0 Å². The minimum Gasteiger partial charge on any atom is -0.406 e. The number of carbonyl (C=O) groups excluding carboxylic acids is 1. The van der Waals surface area contributed by atoms with E-state index in [4.69, 9.17) is 0 Å². The van der Waals surface area contributed by atoms with Gasteiger partial charge >= 0.3 is 6.36 Å². The number of rotatable bonds is 9. The van der Waals surface area contributed by atoms with Gasteiger partial charge in [0.1, 0.15) is 5.75 Å². The molecule has 1 aromatic rings. The summed E-state index contributed by atoms with van der Waals surface area (Å²) in [6.45, 7) is 3.79. The molecule has 0 radical (unpaired) electrons. The maximum Gasteiger partial charge on any atom is 0.573 e. The predicted octanol–water partition coefficient (Wildman–Crippen LogP) is 2.99. The van der Waals surface area contributed by atoms with Crippen LogP contribution >= 0.6 is 12.4 Å². The Kier molecular flexibility index (Phi) is 10.6. The van der Waals surface area contributed by atoms with E-state index in [0.717, 1.165) is 44.0 Å². The van der Waals surface area contributed by atoms with Gasteiger partial charge in [0.05, 0.1) is 6.54 Å². The van der Waals surface area contributed by atoms with E-state index in [1.165, 1.54) is 18.6 Å². The molecule has 0 spiro atoms. The molecule has 9 heteroatoms. The Morgan fingerprint density at radius 3 is 2.39 bits per heavy atom. The molecule has 5 nitrogen and oxygen atoms in total. The van der Waals surface area contributed by atoms with Crippen molar-refractivity contribution in [2.45, 2.75) is 32.0 Å². The summed E-state index contributed by atoms with van der Waals surface area (Å²) < 4.78 is 40.2. The Balaban J connectivity index is 0.00000392. The summed E-state index contributed by atoms with van der Waals surface area (Å²) in [5.41, 5.74) is 0.843. The van der Waals surface area contributed by atoms with Gasteiger partial charge in [0.25, 0.3) is 0 Å². The zero-order valence-corrected chi connectivity index (χ0v) is 16.9.